The Morgan fingerprint density at radius 1 is 1.31 bits per heavy atom. The second kappa shape index (κ2) is 3.42. The minimum Gasteiger partial charge on any atom is -0.339 e. The Morgan fingerprint density at radius 2 is 2.00 bits per heavy atom. The summed E-state index contributed by atoms with van der Waals surface area (Å²) < 4.78 is 0. The van der Waals surface area contributed by atoms with Crippen LogP contribution in [0.4, 0.5) is 0 Å². The van der Waals surface area contributed by atoms with Crippen molar-refractivity contribution >= 4 is 17.7 Å². The summed E-state index contributed by atoms with van der Waals surface area (Å²) in [5.41, 5.74) is 1.17. The first-order chi connectivity index (χ1) is 6.27. The van der Waals surface area contributed by atoms with E-state index in [4.69, 9.17) is 0 Å². The molecule has 1 aliphatic heterocycles. The molecule has 1 N–H and O–H groups in total. The van der Waals surface area contributed by atoms with Gasteiger partial charge in [-0.2, -0.15) is 0 Å². The van der Waals surface area contributed by atoms with Crippen molar-refractivity contribution in [1.82, 2.24) is 5.32 Å². The molecule has 2 nitrogen and oxygen atoms in total. The summed E-state index contributed by atoms with van der Waals surface area (Å²) in [6.45, 7) is 1.93. The molecule has 0 aromatic heterocycles. The molecule has 1 heterocycles. The maximum atomic E-state index is 11.2. The zero-order valence-corrected chi connectivity index (χ0v) is 8.17. The number of hydrogen-bond donors (Lipinski definition) is 1. The molecule has 1 fully saturated rings. The minimum atomic E-state index is 0.0743. The third-order valence-corrected chi connectivity index (χ3v) is 3.37. The van der Waals surface area contributed by atoms with Gasteiger partial charge >= 0.3 is 0 Å². The molecule has 68 valence electrons. The van der Waals surface area contributed by atoms with Gasteiger partial charge in [0.25, 0.3) is 0 Å². The highest BCUT2D eigenvalue weighted by molar-refractivity contribution is 8.01. The van der Waals surface area contributed by atoms with E-state index in [-0.39, 0.29) is 16.5 Å². The van der Waals surface area contributed by atoms with Crippen LogP contribution in [0.1, 0.15) is 17.9 Å². The maximum Gasteiger partial charge on any atom is 0.234 e. The van der Waals surface area contributed by atoms with Crippen LogP contribution >= 0.6 is 11.8 Å². The third kappa shape index (κ3) is 1.70. The van der Waals surface area contributed by atoms with Crippen LogP contribution in [0.2, 0.25) is 0 Å². The molecular formula is C10H11NOS. The van der Waals surface area contributed by atoms with Gasteiger partial charge in [-0.25, -0.2) is 0 Å². The van der Waals surface area contributed by atoms with Gasteiger partial charge in [-0.3, -0.25) is 4.79 Å². The normalized spacial score (nSPS) is 27.3. The topological polar surface area (TPSA) is 29.1 Å². The van der Waals surface area contributed by atoms with Crippen LogP contribution in [0.15, 0.2) is 30.3 Å². The number of benzene rings is 1. The molecular weight excluding hydrogens is 182 g/mol. The Kier molecular flexibility index (Phi) is 2.27. The average molecular weight is 193 g/mol. The zero-order valence-electron chi connectivity index (χ0n) is 7.36. The van der Waals surface area contributed by atoms with Gasteiger partial charge in [-0.1, -0.05) is 30.3 Å². The maximum absolute atomic E-state index is 11.2. The lowest BCUT2D eigenvalue weighted by Crippen LogP contribution is -2.22. The zero-order chi connectivity index (χ0) is 9.26. The Labute approximate surface area is 81.7 Å². The van der Waals surface area contributed by atoms with Crippen molar-refractivity contribution in [2.24, 2.45) is 0 Å². The number of rotatable bonds is 1. The minimum absolute atomic E-state index is 0.0743. The molecule has 1 aromatic carbocycles. The number of thioether (sulfide) groups is 1. The van der Waals surface area contributed by atoms with Crippen LogP contribution in [0.25, 0.3) is 0 Å². The summed E-state index contributed by atoms with van der Waals surface area (Å²) in [6.07, 6.45) is 0. The van der Waals surface area contributed by atoms with Gasteiger partial charge in [0, 0.05) is 0 Å². The van der Waals surface area contributed by atoms with Crippen molar-refractivity contribution in [3.05, 3.63) is 35.9 Å². The standard InChI is InChI=1S/C10H11NOS/c1-7-9(12)11-10(13-7)8-5-3-2-4-6-8/h2-7,10H,1H3,(H,11,12)/t7-,10+/m0/s1. The Bertz CT molecular complexity index is 312. The van der Waals surface area contributed by atoms with E-state index in [0.717, 1.165) is 0 Å². The molecule has 1 aliphatic rings. The fraction of sp³-hybridized carbons (Fsp3) is 0.300. The van der Waals surface area contributed by atoms with Crippen LogP contribution in [0.3, 0.4) is 0 Å². The van der Waals surface area contributed by atoms with E-state index < -0.39 is 0 Å². The number of carbonyl (C=O) groups excluding carboxylic acids is 1. The molecule has 1 aromatic rings. The van der Waals surface area contributed by atoms with Gasteiger partial charge < -0.3 is 5.32 Å². The number of amides is 1. The molecule has 0 bridgehead atoms. The highest BCUT2D eigenvalue weighted by atomic mass is 32.2. The largest absolute Gasteiger partial charge is 0.339 e. The Balaban J connectivity index is 2.17. The lowest BCUT2D eigenvalue weighted by atomic mass is 10.2. The van der Waals surface area contributed by atoms with E-state index in [1.165, 1.54) is 5.56 Å². The number of nitrogens with one attached hydrogen (secondary N) is 1. The SMILES string of the molecule is C[C@@H]1S[C@H](c2ccccc2)NC1=O. The summed E-state index contributed by atoms with van der Waals surface area (Å²) in [7, 11) is 0. The molecule has 2 rings (SSSR count). The second-order valence-electron chi connectivity index (χ2n) is 3.08. The fourth-order valence-corrected chi connectivity index (χ4v) is 2.43. The molecule has 0 unspecified atom stereocenters. The van der Waals surface area contributed by atoms with Crippen molar-refractivity contribution in [2.75, 3.05) is 0 Å². The Morgan fingerprint density at radius 3 is 2.54 bits per heavy atom. The van der Waals surface area contributed by atoms with E-state index in [0.29, 0.717) is 0 Å². The first-order valence-electron chi connectivity index (χ1n) is 4.28. The molecule has 3 heteroatoms. The van der Waals surface area contributed by atoms with Gasteiger partial charge in [0.05, 0.1) is 5.25 Å². The molecule has 0 aliphatic carbocycles. The summed E-state index contributed by atoms with van der Waals surface area (Å²) in [6, 6.07) is 10.0. The number of carbonyl (C=O) groups is 1. The second-order valence-corrected chi connectivity index (χ2v) is 4.53. The van der Waals surface area contributed by atoms with Gasteiger partial charge in [0.15, 0.2) is 0 Å². The Hall–Kier alpha value is -0.960. The monoisotopic (exact) mass is 193 g/mol. The van der Waals surface area contributed by atoms with Crippen molar-refractivity contribution in [3.63, 3.8) is 0 Å². The molecule has 0 spiro atoms. The smallest absolute Gasteiger partial charge is 0.234 e. The number of hydrogen-bond acceptors (Lipinski definition) is 2. The summed E-state index contributed by atoms with van der Waals surface area (Å²) >= 11 is 1.67. The van der Waals surface area contributed by atoms with Gasteiger partial charge in [0.1, 0.15) is 5.37 Å². The lowest BCUT2D eigenvalue weighted by Gasteiger charge is -2.08. The summed E-state index contributed by atoms with van der Waals surface area (Å²) in [4.78, 5) is 11.2. The van der Waals surface area contributed by atoms with Crippen molar-refractivity contribution in [2.45, 2.75) is 17.5 Å². The van der Waals surface area contributed by atoms with Gasteiger partial charge in [-0.15, -0.1) is 11.8 Å². The van der Waals surface area contributed by atoms with E-state index in [9.17, 15) is 4.79 Å². The molecule has 2 atom stereocenters. The quantitative estimate of drug-likeness (QED) is 0.738. The molecule has 0 saturated carbocycles. The van der Waals surface area contributed by atoms with Crippen LogP contribution < -0.4 is 5.32 Å². The van der Waals surface area contributed by atoms with Crippen LogP contribution in [-0.4, -0.2) is 11.2 Å². The van der Waals surface area contributed by atoms with Crippen LogP contribution in [0.5, 0.6) is 0 Å². The highest BCUT2D eigenvalue weighted by Gasteiger charge is 2.29. The lowest BCUT2D eigenvalue weighted by molar-refractivity contribution is -0.119. The van der Waals surface area contributed by atoms with E-state index in [1.807, 2.05) is 37.3 Å². The van der Waals surface area contributed by atoms with Gasteiger partial charge in [-0.05, 0) is 12.5 Å². The van der Waals surface area contributed by atoms with Crippen LogP contribution in [-0.2, 0) is 4.79 Å². The van der Waals surface area contributed by atoms with E-state index >= 15 is 0 Å². The van der Waals surface area contributed by atoms with E-state index in [1.54, 1.807) is 11.8 Å². The summed E-state index contributed by atoms with van der Waals surface area (Å²) in [5, 5.41) is 3.16. The third-order valence-electron chi connectivity index (χ3n) is 2.09. The first-order valence-corrected chi connectivity index (χ1v) is 5.22. The average Bonchev–Trinajstić information content (AvgIpc) is 2.49. The van der Waals surface area contributed by atoms with Crippen molar-refractivity contribution < 1.29 is 4.79 Å². The van der Waals surface area contributed by atoms with Crippen LogP contribution in [0, 0.1) is 0 Å². The molecule has 1 amide bonds. The predicted molar refractivity (Wildman–Crippen MR) is 54.4 cm³/mol. The highest BCUT2D eigenvalue weighted by Crippen LogP contribution is 2.34. The predicted octanol–water partition coefficient (Wildman–Crippen LogP) is 1.94. The van der Waals surface area contributed by atoms with Gasteiger partial charge in [0.2, 0.25) is 5.91 Å². The fourth-order valence-electron chi connectivity index (χ4n) is 1.34. The van der Waals surface area contributed by atoms with Crippen molar-refractivity contribution in [1.29, 1.82) is 0 Å². The molecule has 1 saturated heterocycles. The van der Waals surface area contributed by atoms with E-state index in [2.05, 4.69) is 5.32 Å². The summed E-state index contributed by atoms with van der Waals surface area (Å²) in [5.74, 6) is 0.138. The molecule has 13 heavy (non-hydrogen) atoms. The first kappa shape index (κ1) is 8.63. The van der Waals surface area contributed by atoms with Crippen molar-refractivity contribution in [3.8, 4) is 0 Å². The molecule has 0 radical (unpaired) electrons.